The number of benzene rings is 1. The number of hydrogen-bond acceptors (Lipinski definition) is 4. The fraction of sp³-hybridized carbons (Fsp3) is 0.357. The molecule has 0 aliphatic carbocycles. The van der Waals surface area contributed by atoms with Crippen LogP contribution in [0.5, 0.6) is 11.5 Å². The van der Waals surface area contributed by atoms with Crippen molar-refractivity contribution in [3.8, 4) is 11.5 Å². The van der Waals surface area contributed by atoms with Crippen molar-refractivity contribution in [3.05, 3.63) is 29.8 Å². The van der Waals surface area contributed by atoms with Crippen LogP contribution in [0.2, 0.25) is 0 Å². The normalized spacial score (nSPS) is 21.2. The van der Waals surface area contributed by atoms with Crippen LogP contribution in [0, 0.1) is 0 Å². The lowest BCUT2D eigenvalue weighted by molar-refractivity contribution is -0.136. The van der Waals surface area contributed by atoms with Gasteiger partial charge in [-0.25, -0.2) is 4.79 Å². The average Bonchev–Trinajstić information content (AvgIpc) is 2.92. The number of esters is 1. The smallest absolute Gasteiger partial charge is 0.328 e. The molecule has 0 spiro atoms. The number of fused-ring (bicyclic) bond motifs is 1. The molecule has 1 aromatic carbocycles. The number of ether oxygens (including phenoxy) is 2. The van der Waals surface area contributed by atoms with Gasteiger partial charge in [0.1, 0.15) is 24.1 Å². The van der Waals surface area contributed by atoms with Crippen LogP contribution in [0.15, 0.2) is 24.3 Å². The van der Waals surface area contributed by atoms with Gasteiger partial charge in [0.05, 0.1) is 0 Å². The van der Waals surface area contributed by atoms with E-state index in [2.05, 4.69) is 5.32 Å². The maximum Gasteiger partial charge on any atom is 0.328 e. The van der Waals surface area contributed by atoms with Crippen LogP contribution >= 0.6 is 0 Å². The van der Waals surface area contributed by atoms with E-state index in [1.54, 1.807) is 6.07 Å². The molecule has 1 atom stereocenters. The molecule has 2 heterocycles. The van der Waals surface area contributed by atoms with E-state index in [0.717, 1.165) is 30.7 Å². The molecule has 94 valence electrons. The third-order valence-corrected chi connectivity index (χ3v) is 3.18. The summed E-state index contributed by atoms with van der Waals surface area (Å²) in [4.78, 5) is 11.8. The van der Waals surface area contributed by atoms with Gasteiger partial charge in [-0.05, 0) is 43.7 Å². The van der Waals surface area contributed by atoms with Gasteiger partial charge in [0.25, 0.3) is 0 Å². The number of nitrogens with one attached hydrogen (secondary N) is 1. The predicted molar refractivity (Wildman–Crippen MR) is 67.6 cm³/mol. The largest absolute Gasteiger partial charge is 0.489 e. The van der Waals surface area contributed by atoms with Crippen LogP contribution in [-0.4, -0.2) is 25.2 Å². The molecule has 0 aromatic heterocycles. The molecule has 0 bridgehead atoms. The van der Waals surface area contributed by atoms with Gasteiger partial charge in [0.15, 0.2) is 0 Å². The summed E-state index contributed by atoms with van der Waals surface area (Å²) in [7, 11) is 0. The SMILES string of the molecule is O=C(Oc1ccc2c(c1)C=CCO2)[C@@H]1CCCN1. The number of carbonyl (C=O) groups is 1. The number of rotatable bonds is 2. The molecular weight excluding hydrogens is 230 g/mol. The summed E-state index contributed by atoms with van der Waals surface area (Å²) in [5.74, 6) is 1.20. The molecule has 3 rings (SSSR count). The Kier molecular flexibility index (Phi) is 3.02. The van der Waals surface area contributed by atoms with E-state index in [4.69, 9.17) is 9.47 Å². The van der Waals surface area contributed by atoms with Crippen LogP contribution in [0.4, 0.5) is 0 Å². The molecule has 1 aromatic rings. The van der Waals surface area contributed by atoms with Gasteiger partial charge in [-0.1, -0.05) is 6.08 Å². The zero-order chi connectivity index (χ0) is 12.4. The highest BCUT2D eigenvalue weighted by Crippen LogP contribution is 2.28. The lowest BCUT2D eigenvalue weighted by Crippen LogP contribution is -2.34. The minimum atomic E-state index is -0.201. The van der Waals surface area contributed by atoms with Gasteiger partial charge >= 0.3 is 5.97 Å². The van der Waals surface area contributed by atoms with Gasteiger partial charge in [0, 0.05) is 5.56 Å². The van der Waals surface area contributed by atoms with Crippen molar-refractivity contribution in [2.24, 2.45) is 0 Å². The summed E-state index contributed by atoms with van der Waals surface area (Å²) in [6, 6.07) is 5.28. The lowest BCUT2D eigenvalue weighted by atomic mass is 10.1. The molecule has 0 saturated carbocycles. The third kappa shape index (κ3) is 2.24. The van der Waals surface area contributed by atoms with Crippen LogP contribution in [-0.2, 0) is 4.79 Å². The summed E-state index contributed by atoms with van der Waals surface area (Å²) in [5, 5.41) is 3.13. The monoisotopic (exact) mass is 245 g/mol. The maximum absolute atomic E-state index is 11.8. The Labute approximate surface area is 106 Å². The van der Waals surface area contributed by atoms with Crippen molar-refractivity contribution >= 4 is 12.0 Å². The molecule has 4 heteroatoms. The predicted octanol–water partition coefficient (Wildman–Crippen LogP) is 1.75. The fourth-order valence-corrected chi connectivity index (χ4v) is 2.24. The summed E-state index contributed by atoms with van der Waals surface area (Å²) in [5.41, 5.74) is 0.950. The van der Waals surface area contributed by atoms with E-state index in [1.165, 1.54) is 0 Å². The highest BCUT2D eigenvalue weighted by molar-refractivity contribution is 5.79. The molecule has 1 saturated heterocycles. The number of carbonyl (C=O) groups excluding carboxylic acids is 1. The minimum Gasteiger partial charge on any atom is -0.489 e. The van der Waals surface area contributed by atoms with E-state index in [-0.39, 0.29) is 12.0 Å². The molecule has 2 aliphatic rings. The van der Waals surface area contributed by atoms with Gasteiger partial charge < -0.3 is 14.8 Å². The standard InChI is InChI=1S/C14H15NO3/c16-14(12-4-1-7-15-12)18-11-5-6-13-10(9-11)3-2-8-17-13/h2-3,5-6,9,12,15H,1,4,7-8H2/t12-/m0/s1. The Balaban J connectivity index is 1.73. The Morgan fingerprint density at radius 2 is 2.39 bits per heavy atom. The molecule has 18 heavy (non-hydrogen) atoms. The summed E-state index contributed by atoms with van der Waals surface area (Å²) >= 11 is 0. The fourth-order valence-electron chi connectivity index (χ4n) is 2.24. The summed E-state index contributed by atoms with van der Waals surface area (Å²) < 4.78 is 10.8. The zero-order valence-corrected chi connectivity index (χ0v) is 10.0. The molecular formula is C14H15NO3. The highest BCUT2D eigenvalue weighted by atomic mass is 16.5. The third-order valence-electron chi connectivity index (χ3n) is 3.18. The highest BCUT2D eigenvalue weighted by Gasteiger charge is 2.24. The zero-order valence-electron chi connectivity index (χ0n) is 10.0. The maximum atomic E-state index is 11.8. The number of hydrogen-bond donors (Lipinski definition) is 1. The first-order chi connectivity index (χ1) is 8.83. The van der Waals surface area contributed by atoms with E-state index in [9.17, 15) is 4.79 Å². The quantitative estimate of drug-likeness (QED) is 0.637. The van der Waals surface area contributed by atoms with E-state index >= 15 is 0 Å². The molecule has 2 aliphatic heterocycles. The molecule has 0 amide bonds. The van der Waals surface area contributed by atoms with E-state index in [0.29, 0.717) is 12.4 Å². The lowest BCUT2D eigenvalue weighted by Gasteiger charge is -2.14. The molecule has 4 nitrogen and oxygen atoms in total. The molecule has 0 unspecified atom stereocenters. The van der Waals surface area contributed by atoms with Crippen molar-refractivity contribution in [2.45, 2.75) is 18.9 Å². The topological polar surface area (TPSA) is 47.6 Å². The Morgan fingerprint density at radius 1 is 1.44 bits per heavy atom. The first-order valence-corrected chi connectivity index (χ1v) is 6.21. The van der Waals surface area contributed by atoms with Crippen molar-refractivity contribution in [1.29, 1.82) is 0 Å². The van der Waals surface area contributed by atoms with Crippen LogP contribution in [0.3, 0.4) is 0 Å². The second-order valence-electron chi connectivity index (χ2n) is 4.48. The van der Waals surface area contributed by atoms with Gasteiger partial charge in [-0.2, -0.15) is 0 Å². The Bertz CT molecular complexity index is 490. The average molecular weight is 245 g/mol. The Hall–Kier alpha value is -1.81. The molecule has 1 N–H and O–H groups in total. The first kappa shape index (κ1) is 11.3. The summed E-state index contributed by atoms with van der Waals surface area (Å²) in [6.45, 7) is 1.48. The van der Waals surface area contributed by atoms with Gasteiger partial charge in [-0.15, -0.1) is 0 Å². The summed E-state index contributed by atoms with van der Waals surface area (Å²) in [6.07, 6.45) is 5.80. The van der Waals surface area contributed by atoms with E-state index < -0.39 is 0 Å². The second kappa shape index (κ2) is 4.82. The van der Waals surface area contributed by atoms with Gasteiger partial charge in [0.2, 0.25) is 0 Å². The van der Waals surface area contributed by atoms with Crippen molar-refractivity contribution in [1.82, 2.24) is 5.32 Å². The van der Waals surface area contributed by atoms with Crippen molar-refractivity contribution < 1.29 is 14.3 Å². The van der Waals surface area contributed by atoms with E-state index in [1.807, 2.05) is 24.3 Å². The minimum absolute atomic E-state index is 0.159. The van der Waals surface area contributed by atoms with Crippen LogP contribution in [0.25, 0.3) is 6.08 Å². The molecule has 0 radical (unpaired) electrons. The molecule has 1 fully saturated rings. The van der Waals surface area contributed by atoms with Gasteiger partial charge in [-0.3, -0.25) is 0 Å². The Morgan fingerprint density at radius 3 is 3.22 bits per heavy atom. The van der Waals surface area contributed by atoms with Crippen molar-refractivity contribution in [3.63, 3.8) is 0 Å². The van der Waals surface area contributed by atoms with Crippen molar-refractivity contribution in [2.75, 3.05) is 13.2 Å². The van der Waals surface area contributed by atoms with Crippen LogP contribution in [0.1, 0.15) is 18.4 Å². The second-order valence-corrected chi connectivity index (χ2v) is 4.48. The van der Waals surface area contributed by atoms with Crippen LogP contribution < -0.4 is 14.8 Å². The first-order valence-electron chi connectivity index (χ1n) is 6.21.